The highest BCUT2D eigenvalue weighted by Crippen LogP contribution is 2.26. The van der Waals surface area contributed by atoms with Crippen LogP contribution in [-0.2, 0) is 20.7 Å². The molecule has 1 saturated heterocycles. The van der Waals surface area contributed by atoms with E-state index >= 15 is 0 Å². The van der Waals surface area contributed by atoms with Gasteiger partial charge < -0.3 is 19.6 Å². The molecule has 0 atom stereocenters. The fourth-order valence-corrected chi connectivity index (χ4v) is 3.07. The molecule has 1 aliphatic rings. The summed E-state index contributed by atoms with van der Waals surface area (Å²) in [6.07, 6.45) is 2.21. The quantitative estimate of drug-likeness (QED) is 0.898. The van der Waals surface area contributed by atoms with Gasteiger partial charge in [-0.3, -0.25) is 4.79 Å². The third-order valence-electron chi connectivity index (χ3n) is 4.76. The van der Waals surface area contributed by atoms with Crippen molar-refractivity contribution in [1.82, 2.24) is 5.32 Å². The van der Waals surface area contributed by atoms with Crippen LogP contribution in [0.4, 0.5) is 0 Å². The number of furan rings is 1. The van der Waals surface area contributed by atoms with Crippen molar-refractivity contribution in [3.63, 3.8) is 0 Å². The largest absolute Gasteiger partial charge is 0.480 e. The molecule has 1 aromatic carbocycles. The van der Waals surface area contributed by atoms with Crippen molar-refractivity contribution in [3.8, 4) is 0 Å². The molecule has 2 heterocycles. The van der Waals surface area contributed by atoms with E-state index in [1.165, 1.54) is 0 Å². The Balaban J connectivity index is 1.79. The molecule has 0 unspecified atom stereocenters. The van der Waals surface area contributed by atoms with Crippen LogP contribution in [0.3, 0.4) is 0 Å². The third kappa shape index (κ3) is 3.01. The molecule has 3 rings (SSSR count). The number of carboxylic acid groups (broad SMARTS) is 1. The number of aryl methyl sites for hydroxylation is 2. The van der Waals surface area contributed by atoms with Crippen LogP contribution in [0.5, 0.6) is 0 Å². The number of carbonyl (C=O) groups excluding carboxylic acids is 1. The SMILES string of the molecule is Cc1cc2occ(CC(=O)NC3(C(=O)O)CCOCC3)c2cc1C. The highest BCUT2D eigenvalue weighted by atomic mass is 16.5. The Morgan fingerprint density at radius 1 is 1.21 bits per heavy atom. The number of hydrogen-bond acceptors (Lipinski definition) is 4. The van der Waals surface area contributed by atoms with E-state index in [1.807, 2.05) is 26.0 Å². The minimum absolute atomic E-state index is 0.0887. The van der Waals surface area contributed by atoms with E-state index in [9.17, 15) is 14.7 Å². The van der Waals surface area contributed by atoms with Crippen molar-refractivity contribution in [3.05, 3.63) is 35.1 Å². The van der Waals surface area contributed by atoms with Crippen LogP contribution in [0.2, 0.25) is 0 Å². The predicted octanol–water partition coefficient (Wildman–Crippen LogP) is 2.34. The number of carbonyl (C=O) groups is 2. The van der Waals surface area contributed by atoms with E-state index in [-0.39, 0.29) is 25.2 Å². The molecule has 0 aliphatic carbocycles. The molecule has 2 N–H and O–H groups in total. The molecular formula is C18H21NO5. The maximum atomic E-state index is 12.4. The van der Waals surface area contributed by atoms with Crippen molar-refractivity contribution < 1.29 is 23.8 Å². The first-order valence-corrected chi connectivity index (χ1v) is 8.01. The number of ether oxygens (including phenoxy) is 1. The molecule has 1 fully saturated rings. The standard InChI is InChI=1S/C18H21NO5/c1-11-7-14-13(10-24-15(14)8-12(11)2)9-16(20)19-18(17(21)22)3-5-23-6-4-18/h7-8,10H,3-6,9H2,1-2H3,(H,19,20)(H,21,22). The molecule has 0 spiro atoms. The van der Waals surface area contributed by atoms with Gasteiger partial charge in [0.1, 0.15) is 11.1 Å². The van der Waals surface area contributed by atoms with E-state index in [2.05, 4.69) is 5.32 Å². The van der Waals surface area contributed by atoms with Crippen molar-refractivity contribution in [2.24, 2.45) is 0 Å². The molecule has 6 nitrogen and oxygen atoms in total. The second kappa shape index (κ2) is 6.28. The maximum absolute atomic E-state index is 12.4. The first-order valence-electron chi connectivity index (χ1n) is 8.01. The highest BCUT2D eigenvalue weighted by molar-refractivity contribution is 5.91. The highest BCUT2D eigenvalue weighted by Gasteiger charge is 2.41. The van der Waals surface area contributed by atoms with Crippen LogP contribution >= 0.6 is 0 Å². The first kappa shape index (κ1) is 16.5. The second-order valence-corrected chi connectivity index (χ2v) is 6.42. The van der Waals surface area contributed by atoms with E-state index < -0.39 is 11.5 Å². The fraction of sp³-hybridized carbons (Fsp3) is 0.444. The zero-order valence-electron chi connectivity index (χ0n) is 13.8. The van der Waals surface area contributed by atoms with Gasteiger partial charge in [-0.2, -0.15) is 0 Å². The number of amides is 1. The molecule has 0 bridgehead atoms. The number of carboxylic acids is 1. The first-order chi connectivity index (χ1) is 11.4. The van der Waals surface area contributed by atoms with Gasteiger partial charge in [0.25, 0.3) is 0 Å². The number of nitrogens with one attached hydrogen (secondary N) is 1. The summed E-state index contributed by atoms with van der Waals surface area (Å²) < 4.78 is 10.7. The summed E-state index contributed by atoms with van der Waals surface area (Å²) in [6.45, 7) is 4.68. The van der Waals surface area contributed by atoms with Crippen molar-refractivity contribution in [2.75, 3.05) is 13.2 Å². The van der Waals surface area contributed by atoms with Crippen LogP contribution in [0.1, 0.15) is 29.5 Å². The van der Waals surface area contributed by atoms with Crippen molar-refractivity contribution in [1.29, 1.82) is 0 Å². The third-order valence-corrected chi connectivity index (χ3v) is 4.76. The number of aliphatic carboxylic acids is 1. The van der Waals surface area contributed by atoms with Gasteiger partial charge in [0.15, 0.2) is 0 Å². The molecule has 128 valence electrons. The topological polar surface area (TPSA) is 88.8 Å². The van der Waals surface area contributed by atoms with Crippen LogP contribution < -0.4 is 5.32 Å². The smallest absolute Gasteiger partial charge is 0.329 e. The minimum atomic E-state index is -1.23. The minimum Gasteiger partial charge on any atom is -0.480 e. The summed E-state index contributed by atoms with van der Waals surface area (Å²) in [5, 5.41) is 13.1. The molecular weight excluding hydrogens is 310 g/mol. The maximum Gasteiger partial charge on any atom is 0.329 e. The summed E-state index contributed by atoms with van der Waals surface area (Å²) >= 11 is 0. The Labute approximate surface area is 139 Å². The molecule has 0 saturated carbocycles. The number of fused-ring (bicyclic) bond motifs is 1. The molecule has 1 aromatic heterocycles. The lowest BCUT2D eigenvalue weighted by Gasteiger charge is -2.33. The van der Waals surface area contributed by atoms with Gasteiger partial charge in [-0.15, -0.1) is 0 Å². The summed E-state index contributed by atoms with van der Waals surface area (Å²) in [5.41, 5.74) is 2.51. The summed E-state index contributed by atoms with van der Waals surface area (Å²) in [7, 11) is 0. The monoisotopic (exact) mass is 331 g/mol. The van der Waals surface area contributed by atoms with E-state index in [0.29, 0.717) is 13.2 Å². The number of hydrogen-bond donors (Lipinski definition) is 2. The van der Waals surface area contributed by atoms with Gasteiger partial charge in [-0.05, 0) is 37.1 Å². The average Bonchev–Trinajstić information content (AvgIpc) is 2.90. The number of benzene rings is 1. The Kier molecular flexibility index (Phi) is 4.32. The molecule has 1 aliphatic heterocycles. The van der Waals surface area contributed by atoms with Crippen molar-refractivity contribution in [2.45, 2.75) is 38.6 Å². The molecule has 6 heteroatoms. The Morgan fingerprint density at radius 2 is 1.88 bits per heavy atom. The van der Waals surface area contributed by atoms with Gasteiger partial charge in [0.05, 0.1) is 12.7 Å². The Hall–Kier alpha value is -2.34. The van der Waals surface area contributed by atoms with Gasteiger partial charge in [0.2, 0.25) is 5.91 Å². The summed E-state index contributed by atoms with van der Waals surface area (Å²) in [6, 6.07) is 3.95. The fourth-order valence-electron chi connectivity index (χ4n) is 3.07. The molecule has 2 aromatic rings. The van der Waals surface area contributed by atoms with E-state index in [0.717, 1.165) is 27.7 Å². The lowest BCUT2D eigenvalue weighted by molar-refractivity contribution is -0.152. The van der Waals surface area contributed by atoms with Gasteiger partial charge in [0, 0.05) is 37.0 Å². The zero-order chi connectivity index (χ0) is 17.3. The molecule has 0 radical (unpaired) electrons. The lowest BCUT2D eigenvalue weighted by atomic mass is 9.89. The van der Waals surface area contributed by atoms with E-state index in [4.69, 9.17) is 9.15 Å². The predicted molar refractivity (Wildman–Crippen MR) is 88.0 cm³/mol. The molecule has 24 heavy (non-hydrogen) atoms. The van der Waals surface area contributed by atoms with Crippen LogP contribution in [0, 0.1) is 13.8 Å². The van der Waals surface area contributed by atoms with Gasteiger partial charge >= 0.3 is 5.97 Å². The van der Waals surface area contributed by atoms with Crippen LogP contribution in [-0.4, -0.2) is 35.7 Å². The van der Waals surface area contributed by atoms with Gasteiger partial charge in [-0.25, -0.2) is 4.79 Å². The Bertz CT molecular complexity index is 786. The average molecular weight is 331 g/mol. The van der Waals surface area contributed by atoms with Crippen LogP contribution in [0.15, 0.2) is 22.8 Å². The summed E-state index contributed by atoms with van der Waals surface area (Å²) in [5.74, 6) is -1.33. The second-order valence-electron chi connectivity index (χ2n) is 6.42. The van der Waals surface area contributed by atoms with Crippen molar-refractivity contribution >= 4 is 22.8 Å². The normalized spacial score (nSPS) is 16.9. The molecule has 1 amide bonds. The summed E-state index contributed by atoms with van der Waals surface area (Å²) in [4.78, 5) is 24.0. The zero-order valence-corrected chi connectivity index (χ0v) is 13.8. The number of rotatable bonds is 4. The van der Waals surface area contributed by atoms with Crippen LogP contribution in [0.25, 0.3) is 11.0 Å². The lowest BCUT2D eigenvalue weighted by Crippen LogP contribution is -2.57. The van der Waals surface area contributed by atoms with E-state index in [1.54, 1.807) is 6.26 Å². The van der Waals surface area contributed by atoms with Gasteiger partial charge in [-0.1, -0.05) is 0 Å². The Morgan fingerprint density at radius 3 is 2.54 bits per heavy atom.